The Kier molecular flexibility index (Phi) is 2.52. The van der Waals surface area contributed by atoms with Gasteiger partial charge in [-0.25, -0.2) is 4.98 Å². The molecular weight excluding hydrogens is 224 g/mol. The van der Waals surface area contributed by atoms with Crippen molar-refractivity contribution in [1.29, 1.82) is 0 Å². The minimum Gasteiger partial charge on any atom is -0.440 e. The van der Waals surface area contributed by atoms with Crippen LogP contribution in [0.25, 0.3) is 11.1 Å². The normalized spacial score (nSPS) is 10.9. The van der Waals surface area contributed by atoms with Crippen LogP contribution >= 0.6 is 0 Å². The minimum atomic E-state index is 0.660. The number of nitrogens with zero attached hydrogens (tertiary/aromatic N) is 1. The predicted molar refractivity (Wildman–Crippen MR) is 72.4 cm³/mol. The van der Waals surface area contributed by atoms with E-state index in [4.69, 9.17) is 10.2 Å². The molecule has 0 aliphatic rings. The summed E-state index contributed by atoms with van der Waals surface area (Å²) in [4.78, 5) is 4.46. The van der Waals surface area contributed by atoms with Gasteiger partial charge in [0.1, 0.15) is 5.52 Å². The Labute approximate surface area is 105 Å². The molecule has 0 radical (unpaired) electrons. The smallest absolute Gasteiger partial charge is 0.199 e. The molecule has 0 saturated carbocycles. The molecule has 0 unspecified atom stereocenters. The van der Waals surface area contributed by atoms with Gasteiger partial charge in [-0.05, 0) is 30.2 Å². The quantitative estimate of drug-likeness (QED) is 0.697. The Balaban J connectivity index is 2.01. The van der Waals surface area contributed by atoms with Crippen molar-refractivity contribution in [1.82, 2.24) is 4.98 Å². The third-order valence-corrected chi connectivity index (χ3v) is 3.10. The summed E-state index contributed by atoms with van der Waals surface area (Å²) in [5, 5.41) is 0. The fourth-order valence-electron chi connectivity index (χ4n) is 2.06. The van der Waals surface area contributed by atoms with Gasteiger partial charge in [-0.15, -0.1) is 0 Å². The number of benzene rings is 2. The summed E-state index contributed by atoms with van der Waals surface area (Å²) in [6.07, 6.45) is 0.695. The maximum atomic E-state index is 5.87. The van der Waals surface area contributed by atoms with Crippen LogP contribution in [0.15, 0.2) is 46.9 Å². The van der Waals surface area contributed by atoms with Gasteiger partial charge in [0, 0.05) is 6.42 Å². The van der Waals surface area contributed by atoms with Gasteiger partial charge in [0.2, 0.25) is 0 Å². The summed E-state index contributed by atoms with van der Waals surface area (Å²) in [5.41, 5.74) is 10.5. The first kappa shape index (κ1) is 10.8. The van der Waals surface area contributed by atoms with Gasteiger partial charge >= 0.3 is 0 Å². The molecule has 0 amide bonds. The number of oxazole rings is 1. The second-order valence-corrected chi connectivity index (χ2v) is 4.40. The number of nitrogen functional groups attached to an aromatic ring is 1. The van der Waals surface area contributed by atoms with E-state index in [-0.39, 0.29) is 0 Å². The lowest BCUT2D eigenvalue weighted by molar-refractivity contribution is 0.543. The first-order valence-electron chi connectivity index (χ1n) is 5.92. The average molecular weight is 238 g/mol. The van der Waals surface area contributed by atoms with Crippen LogP contribution in [0.5, 0.6) is 0 Å². The van der Waals surface area contributed by atoms with Crippen LogP contribution < -0.4 is 5.73 Å². The first-order chi connectivity index (χ1) is 8.74. The number of nitrogens with two attached hydrogens (primary N) is 1. The number of rotatable bonds is 2. The van der Waals surface area contributed by atoms with Crippen molar-refractivity contribution >= 4 is 16.8 Å². The molecule has 0 aliphatic heterocycles. The summed E-state index contributed by atoms with van der Waals surface area (Å²) in [6, 6.07) is 13.8. The molecule has 0 fully saturated rings. The number of hydrogen-bond acceptors (Lipinski definition) is 3. The van der Waals surface area contributed by atoms with E-state index >= 15 is 0 Å². The fourth-order valence-corrected chi connectivity index (χ4v) is 2.06. The number of para-hydroxylation sites is 1. The third-order valence-electron chi connectivity index (χ3n) is 3.10. The van der Waals surface area contributed by atoms with Crippen molar-refractivity contribution in [2.45, 2.75) is 13.3 Å². The van der Waals surface area contributed by atoms with Gasteiger partial charge in [-0.1, -0.05) is 30.3 Å². The van der Waals surface area contributed by atoms with Crippen LogP contribution in [-0.2, 0) is 6.42 Å². The molecule has 1 aromatic heterocycles. The maximum absolute atomic E-state index is 5.87. The molecule has 90 valence electrons. The van der Waals surface area contributed by atoms with Crippen LogP contribution in [0.1, 0.15) is 17.0 Å². The molecule has 18 heavy (non-hydrogen) atoms. The molecule has 2 N–H and O–H groups in total. The largest absolute Gasteiger partial charge is 0.440 e. The molecular formula is C15H14N2O. The van der Waals surface area contributed by atoms with Crippen molar-refractivity contribution in [2.75, 3.05) is 5.73 Å². The lowest BCUT2D eigenvalue weighted by Gasteiger charge is -2.01. The summed E-state index contributed by atoms with van der Waals surface area (Å²) >= 11 is 0. The lowest BCUT2D eigenvalue weighted by atomic mass is 10.1. The van der Waals surface area contributed by atoms with Crippen LogP contribution in [0, 0.1) is 6.92 Å². The Morgan fingerprint density at radius 3 is 2.72 bits per heavy atom. The van der Waals surface area contributed by atoms with Crippen LogP contribution in [-0.4, -0.2) is 4.98 Å². The Bertz CT molecular complexity index is 701. The second-order valence-electron chi connectivity index (χ2n) is 4.40. The van der Waals surface area contributed by atoms with Crippen molar-refractivity contribution in [3.8, 4) is 0 Å². The molecule has 0 saturated heterocycles. The zero-order chi connectivity index (χ0) is 12.5. The van der Waals surface area contributed by atoms with Crippen LogP contribution in [0.2, 0.25) is 0 Å². The van der Waals surface area contributed by atoms with Crippen molar-refractivity contribution in [3.63, 3.8) is 0 Å². The van der Waals surface area contributed by atoms with Crippen molar-refractivity contribution < 1.29 is 4.42 Å². The van der Waals surface area contributed by atoms with Crippen LogP contribution in [0.3, 0.4) is 0 Å². The highest BCUT2D eigenvalue weighted by molar-refractivity contribution is 5.85. The number of anilines is 1. The summed E-state index contributed by atoms with van der Waals surface area (Å²) in [6.45, 7) is 2.09. The molecule has 0 spiro atoms. The fraction of sp³-hybridized carbons (Fsp3) is 0.133. The Hall–Kier alpha value is -2.29. The highest BCUT2D eigenvalue weighted by atomic mass is 16.3. The SMILES string of the molecule is Cc1ccccc1Cc1nc2c(N)cccc2o1. The zero-order valence-corrected chi connectivity index (χ0v) is 10.2. The van der Waals surface area contributed by atoms with Gasteiger partial charge in [0.05, 0.1) is 5.69 Å². The minimum absolute atomic E-state index is 0.660. The van der Waals surface area contributed by atoms with Gasteiger partial charge in [0.25, 0.3) is 0 Å². The Morgan fingerprint density at radius 1 is 1.11 bits per heavy atom. The van der Waals surface area contributed by atoms with Crippen LogP contribution in [0.4, 0.5) is 5.69 Å². The molecule has 1 heterocycles. The Morgan fingerprint density at radius 2 is 1.94 bits per heavy atom. The number of aryl methyl sites for hydroxylation is 1. The average Bonchev–Trinajstić information content (AvgIpc) is 2.76. The van der Waals surface area contributed by atoms with Crippen molar-refractivity contribution in [3.05, 3.63) is 59.5 Å². The number of hydrogen-bond donors (Lipinski definition) is 1. The third kappa shape index (κ3) is 1.84. The highest BCUT2D eigenvalue weighted by Gasteiger charge is 2.09. The molecule has 3 heteroatoms. The van der Waals surface area contributed by atoms with Gasteiger partial charge in [0.15, 0.2) is 11.5 Å². The second kappa shape index (κ2) is 4.18. The van der Waals surface area contributed by atoms with Gasteiger partial charge < -0.3 is 10.2 Å². The predicted octanol–water partition coefficient (Wildman–Crippen LogP) is 3.31. The van der Waals surface area contributed by atoms with E-state index in [9.17, 15) is 0 Å². The molecule has 0 aliphatic carbocycles. The van der Waals surface area contributed by atoms with Crippen molar-refractivity contribution in [2.24, 2.45) is 0 Å². The molecule has 3 rings (SSSR count). The van der Waals surface area contributed by atoms with E-state index in [0.29, 0.717) is 18.0 Å². The summed E-state index contributed by atoms with van der Waals surface area (Å²) in [5.74, 6) is 0.706. The summed E-state index contributed by atoms with van der Waals surface area (Å²) in [7, 11) is 0. The van der Waals surface area contributed by atoms with E-state index in [1.165, 1.54) is 11.1 Å². The maximum Gasteiger partial charge on any atom is 0.199 e. The highest BCUT2D eigenvalue weighted by Crippen LogP contribution is 2.23. The van der Waals surface area contributed by atoms with E-state index in [1.807, 2.05) is 30.3 Å². The van der Waals surface area contributed by atoms with Gasteiger partial charge in [-0.3, -0.25) is 0 Å². The van der Waals surface area contributed by atoms with E-state index in [0.717, 1.165) is 11.1 Å². The van der Waals surface area contributed by atoms with Gasteiger partial charge in [-0.2, -0.15) is 0 Å². The number of fused-ring (bicyclic) bond motifs is 1. The first-order valence-corrected chi connectivity index (χ1v) is 5.92. The van der Waals surface area contributed by atoms with E-state index in [1.54, 1.807) is 0 Å². The zero-order valence-electron chi connectivity index (χ0n) is 10.2. The number of aromatic nitrogens is 1. The van der Waals surface area contributed by atoms with E-state index in [2.05, 4.69) is 24.0 Å². The molecule has 3 nitrogen and oxygen atoms in total. The van der Waals surface area contributed by atoms with E-state index < -0.39 is 0 Å². The standard InChI is InChI=1S/C15H14N2O/c1-10-5-2-3-6-11(10)9-14-17-15-12(16)7-4-8-13(15)18-14/h2-8H,9,16H2,1H3. The molecule has 3 aromatic rings. The molecule has 0 bridgehead atoms. The monoisotopic (exact) mass is 238 g/mol. The summed E-state index contributed by atoms with van der Waals surface area (Å²) < 4.78 is 5.72. The molecule has 2 aromatic carbocycles. The topological polar surface area (TPSA) is 52.0 Å². The molecule has 0 atom stereocenters. The lowest BCUT2D eigenvalue weighted by Crippen LogP contribution is -1.91.